The van der Waals surface area contributed by atoms with Crippen LogP contribution in [-0.4, -0.2) is 17.2 Å². The molecular formula is C48H32N2Si. The van der Waals surface area contributed by atoms with Crippen molar-refractivity contribution in [1.29, 1.82) is 0 Å². The minimum Gasteiger partial charge on any atom is -0.309 e. The van der Waals surface area contributed by atoms with E-state index in [0.29, 0.717) is 0 Å². The van der Waals surface area contributed by atoms with Crippen molar-refractivity contribution in [1.82, 2.24) is 9.13 Å². The maximum Gasteiger partial charge on any atom is 0.180 e. The van der Waals surface area contributed by atoms with Crippen molar-refractivity contribution >= 4 is 72.4 Å². The lowest BCUT2D eigenvalue weighted by Crippen LogP contribution is -2.72. The van der Waals surface area contributed by atoms with Gasteiger partial charge >= 0.3 is 0 Å². The first-order valence-electron chi connectivity index (χ1n) is 17.7. The first kappa shape index (κ1) is 28.4. The molecule has 11 rings (SSSR count). The van der Waals surface area contributed by atoms with Gasteiger partial charge in [-0.1, -0.05) is 152 Å². The van der Waals surface area contributed by atoms with Crippen LogP contribution in [0.5, 0.6) is 0 Å². The molecule has 0 aliphatic carbocycles. The number of benzene rings is 8. The van der Waals surface area contributed by atoms with E-state index in [9.17, 15) is 0 Å². The number of aromatic nitrogens is 2. The summed E-state index contributed by atoms with van der Waals surface area (Å²) in [5.41, 5.74) is 9.97. The molecule has 10 aromatic rings. The van der Waals surface area contributed by atoms with Gasteiger partial charge in [-0.25, -0.2) is 0 Å². The van der Waals surface area contributed by atoms with Crippen molar-refractivity contribution in [3.63, 3.8) is 0 Å². The molecule has 8 aromatic carbocycles. The normalized spacial score (nSPS) is 13.3. The van der Waals surface area contributed by atoms with E-state index in [2.05, 4.69) is 203 Å². The summed E-state index contributed by atoms with van der Waals surface area (Å²) in [5, 5.41) is 10.9. The van der Waals surface area contributed by atoms with E-state index in [4.69, 9.17) is 0 Å². The van der Waals surface area contributed by atoms with E-state index in [1.807, 2.05) is 0 Å². The highest BCUT2D eigenvalue weighted by Crippen LogP contribution is 2.42. The van der Waals surface area contributed by atoms with Crippen molar-refractivity contribution in [3.05, 3.63) is 194 Å². The van der Waals surface area contributed by atoms with E-state index >= 15 is 0 Å². The van der Waals surface area contributed by atoms with Gasteiger partial charge in [0.15, 0.2) is 8.07 Å². The first-order valence-corrected chi connectivity index (χ1v) is 19.7. The molecule has 0 radical (unpaired) electrons. The summed E-state index contributed by atoms with van der Waals surface area (Å²) in [4.78, 5) is 0. The van der Waals surface area contributed by atoms with E-state index in [1.165, 1.54) is 86.9 Å². The summed E-state index contributed by atoms with van der Waals surface area (Å²) in [6.45, 7) is 0. The average molecular weight is 665 g/mol. The molecule has 0 amide bonds. The zero-order chi connectivity index (χ0) is 33.5. The average Bonchev–Trinajstić information content (AvgIpc) is 3.83. The number of nitrogens with zero attached hydrogens (tertiary/aromatic N) is 2. The van der Waals surface area contributed by atoms with E-state index in [-0.39, 0.29) is 0 Å². The molecule has 0 unspecified atom stereocenters. The third kappa shape index (κ3) is 3.81. The lowest BCUT2D eigenvalue weighted by molar-refractivity contribution is 1.17. The highest BCUT2D eigenvalue weighted by atomic mass is 28.3. The van der Waals surface area contributed by atoms with Gasteiger partial charge in [0.1, 0.15) is 0 Å². The van der Waals surface area contributed by atoms with Gasteiger partial charge in [-0.05, 0) is 74.3 Å². The molecule has 0 saturated carbocycles. The minimum atomic E-state index is -2.65. The summed E-state index contributed by atoms with van der Waals surface area (Å²) < 4.78 is 4.93. The minimum absolute atomic E-state index is 1.17. The van der Waals surface area contributed by atoms with Crippen LogP contribution in [0, 0.1) is 0 Å². The standard InChI is InChI=1S/C48H32N2Si/c1-4-16-33(17-5-1)49-42-25-13-10-24-40(42)47-44(49)31-29-39-41-32-36(28-30-43(41)50(48(39)47)34-18-6-2-7-19-34)51(35-20-8-3-9-21-35)45-26-14-11-22-37(45)38-23-12-15-27-46(38)51/h1-32H. The Morgan fingerprint density at radius 2 is 0.863 bits per heavy atom. The number of para-hydroxylation sites is 3. The van der Waals surface area contributed by atoms with Crippen LogP contribution in [0.1, 0.15) is 0 Å². The molecule has 0 N–H and O–H groups in total. The zero-order valence-electron chi connectivity index (χ0n) is 27.9. The van der Waals surface area contributed by atoms with Crippen LogP contribution in [0.4, 0.5) is 0 Å². The van der Waals surface area contributed by atoms with Crippen LogP contribution in [0.15, 0.2) is 194 Å². The van der Waals surface area contributed by atoms with Gasteiger partial charge in [0, 0.05) is 32.9 Å². The summed E-state index contributed by atoms with van der Waals surface area (Å²) in [6, 6.07) is 72.2. The summed E-state index contributed by atoms with van der Waals surface area (Å²) in [7, 11) is -2.65. The van der Waals surface area contributed by atoms with E-state index in [1.54, 1.807) is 0 Å². The van der Waals surface area contributed by atoms with Crippen molar-refractivity contribution in [2.75, 3.05) is 0 Å². The molecule has 2 aromatic heterocycles. The van der Waals surface area contributed by atoms with Gasteiger partial charge in [-0.3, -0.25) is 0 Å². The molecule has 0 atom stereocenters. The number of fused-ring (bicyclic) bond motifs is 10. The van der Waals surface area contributed by atoms with Gasteiger partial charge in [-0.15, -0.1) is 0 Å². The Labute approximate surface area is 297 Å². The quantitative estimate of drug-likeness (QED) is 0.166. The second-order valence-electron chi connectivity index (χ2n) is 13.7. The Hall–Kier alpha value is -6.42. The maximum atomic E-state index is 2.55. The predicted molar refractivity (Wildman–Crippen MR) is 218 cm³/mol. The monoisotopic (exact) mass is 664 g/mol. The van der Waals surface area contributed by atoms with Gasteiger partial charge in [0.25, 0.3) is 0 Å². The molecule has 0 fully saturated rings. The van der Waals surface area contributed by atoms with Crippen LogP contribution >= 0.6 is 0 Å². The lowest BCUT2D eigenvalue weighted by atomic mass is 10.1. The fourth-order valence-electron chi connectivity index (χ4n) is 9.20. The molecule has 0 bridgehead atoms. The summed E-state index contributed by atoms with van der Waals surface area (Å²) >= 11 is 0. The van der Waals surface area contributed by atoms with Gasteiger partial charge < -0.3 is 9.13 Å². The molecule has 3 heteroatoms. The van der Waals surface area contributed by atoms with Crippen LogP contribution in [0.2, 0.25) is 0 Å². The Morgan fingerprint density at radius 1 is 0.333 bits per heavy atom. The first-order chi connectivity index (χ1) is 25.3. The highest BCUT2D eigenvalue weighted by Gasteiger charge is 2.48. The third-order valence-electron chi connectivity index (χ3n) is 11.2. The molecule has 0 spiro atoms. The molecule has 0 saturated heterocycles. The maximum absolute atomic E-state index is 2.65. The second-order valence-corrected chi connectivity index (χ2v) is 17.4. The van der Waals surface area contributed by atoms with Gasteiger partial charge in [0.05, 0.1) is 22.1 Å². The van der Waals surface area contributed by atoms with Crippen LogP contribution in [0.3, 0.4) is 0 Å². The lowest BCUT2D eigenvalue weighted by Gasteiger charge is -2.31. The smallest absolute Gasteiger partial charge is 0.180 e. The third-order valence-corrected chi connectivity index (χ3v) is 16.0. The van der Waals surface area contributed by atoms with Crippen molar-refractivity contribution in [2.45, 2.75) is 0 Å². The van der Waals surface area contributed by atoms with Crippen molar-refractivity contribution < 1.29 is 0 Å². The van der Waals surface area contributed by atoms with Crippen molar-refractivity contribution in [3.8, 4) is 22.5 Å². The van der Waals surface area contributed by atoms with E-state index < -0.39 is 8.07 Å². The van der Waals surface area contributed by atoms with Crippen LogP contribution < -0.4 is 20.7 Å². The fourth-order valence-corrected chi connectivity index (χ4v) is 14.4. The SMILES string of the molecule is c1ccc(-n2c3ccccc3c3c2ccc2c4cc([Si]5(c6ccccc6)c6ccccc6-c6ccccc65)ccc4n(-c4ccccc4)c23)cc1. The fraction of sp³-hybridized carbons (Fsp3) is 0. The van der Waals surface area contributed by atoms with Crippen LogP contribution in [-0.2, 0) is 0 Å². The zero-order valence-corrected chi connectivity index (χ0v) is 28.9. The summed E-state index contributed by atoms with van der Waals surface area (Å²) in [6.07, 6.45) is 0. The molecule has 2 nitrogen and oxygen atoms in total. The molecule has 3 heterocycles. The summed E-state index contributed by atoms with van der Waals surface area (Å²) in [5.74, 6) is 0. The Bertz CT molecular complexity index is 2910. The largest absolute Gasteiger partial charge is 0.309 e. The highest BCUT2D eigenvalue weighted by molar-refractivity contribution is 7.22. The molecule has 1 aliphatic heterocycles. The topological polar surface area (TPSA) is 9.86 Å². The number of hydrogen-bond acceptors (Lipinski definition) is 0. The molecular weight excluding hydrogens is 633 g/mol. The Morgan fingerprint density at radius 3 is 1.55 bits per heavy atom. The molecule has 238 valence electrons. The van der Waals surface area contributed by atoms with Crippen molar-refractivity contribution in [2.24, 2.45) is 0 Å². The Kier molecular flexibility index (Phi) is 6.01. The number of rotatable bonds is 4. The molecule has 51 heavy (non-hydrogen) atoms. The second kappa shape index (κ2) is 10.8. The number of hydrogen-bond donors (Lipinski definition) is 0. The van der Waals surface area contributed by atoms with Gasteiger partial charge in [0.2, 0.25) is 0 Å². The predicted octanol–water partition coefficient (Wildman–Crippen LogP) is 9.24. The molecule has 1 aliphatic rings. The van der Waals surface area contributed by atoms with E-state index in [0.717, 1.165) is 0 Å². The van der Waals surface area contributed by atoms with Crippen LogP contribution in [0.25, 0.3) is 66.1 Å². The van der Waals surface area contributed by atoms with Gasteiger partial charge in [-0.2, -0.15) is 0 Å². The Balaban J connectivity index is 1.30.